The van der Waals surface area contributed by atoms with Crippen LogP contribution >= 0.6 is 11.8 Å². The average molecular weight is 393 g/mol. The Morgan fingerprint density at radius 3 is 2.74 bits per heavy atom. The lowest BCUT2D eigenvalue weighted by molar-refractivity contribution is -0.126. The number of nitrogens with zero attached hydrogens (tertiary/aromatic N) is 3. The van der Waals surface area contributed by atoms with Gasteiger partial charge in [0.15, 0.2) is 11.0 Å². The van der Waals surface area contributed by atoms with Gasteiger partial charge in [-0.15, -0.1) is 10.2 Å². The number of amides is 2. The van der Waals surface area contributed by atoms with Crippen molar-refractivity contribution >= 4 is 23.6 Å². The maximum atomic E-state index is 13.2. The van der Waals surface area contributed by atoms with Gasteiger partial charge in [0.1, 0.15) is 5.82 Å². The highest BCUT2D eigenvalue weighted by atomic mass is 32.2. The average Bonchev–Trinajstić information content (AvgIpc) is 3.29. The van der Waals surface area contributed by atoms with Gasteiger partial charge < -0.3 is 4.74 Å². The van der Waals surface area contributed by atoms with Gasteiger partial charge in [0.05, 0.1) is 18.4 Å². The van der Waals surface area contributed by atoms with Crippen LogP contribution in [0.5, 0.6) is 0 Å². The summed E-state index contributed by atoms with van der Waals surface area (Å²) in [6.45, 7) is 2.58. The minimum atomic E-state index is -0.356. The lowest BCUT2D eigenvalue weighted by Crippen LogP contribution is -2.41. The Hall–Kier alpha value is -2.46. The van der Waals surface area contributed by atoms with Crippen molar-refractivity contribution in [3.05, 3.63) is 30.1 Å². The molecule has 3 rings (SSSR count). The molecule has 0 unspecified atom stereocenters. The maximum absolute atomic E-state index is 13.2. The number of nitrogens with one attached hydrogen (secondary N) is 2. The van der Waals surface area contributed by atoms with E-state index in [0.717, 1.165) is 25.0 Å². The fourth-order valence-electron chi connectivity index (χ4n) is 2.69. The number of ether oxygens (including phenoxy) is 1. The van der Waals surface area contributed by atoms with E-state index in [1.54, 1.807) is 12.1 Å². The highest BCUT2D eigenvalue weighted by molar-refractivity contribution is 7.99. The summed E-state index contributed by atoms with van der Waals surface area (Å²) < 4.78 is 20.8. The Kier molecular flexibility index (Phi) is 6.40. The van der Waals surface area contributed by atoms with Gasteiger partial charge in [0.25, 0.3) is 0 Å². The standard InChI is InChI=1S/C17H20FN5O3S/c1-11(24)19-20-15(25)10-27-17-22-21-16(12-4-6-13(18)7-5-12)23(17)9-14-3-2-8-26-14/h4-7,14H,2-3,8-10H2,1H3,(H,19,24)(H,20,25)/t14-/m1/s1. The third-order valence-corrected chi connectivity index (χ3v) is 4.91. The van der Waals surface area contributed by atoms with Crippen LogP contribution in [0.25, 0.3) is 11.4 Å². The van der Waals surface area contributed by atoms with Crippen molar-refractivity contribution in [1.82, 2.24) is 25.6 Å². The molecule has 1 aliphatic heterocycles. The van der Waals surface area contributed by atoms with Crippen LogP contribution in [0.2, 0.25) is 0 Å². The summed E-state index contributed by atoms with van der Waals surface area (Å²) in [4.78, 5) is 22.7. The van der Waals surface area contributed by atoms with Crippen LogP contribution in [0.15, 0.2) is 29.4 Å². The van der Waals surface area contributed by atoms with Crippen molar-refractivity contribution in [1.29, 1.82) is 0 Å². The second-order valence-corrected chi connectivity index (χ2v) is 7.02. The van der Waals surface area contributed by atoms with E-state index in [1.165, 1.54) is 30.8 Å². The zero-order valence-electron chi connectivity index (χ0n) is 14.8. The van der Waals surface area contributed by atoms with Gasteiger partial charge in [0.2, 0.25) is 11.8 Å². The van der Waals surface area contributed by atoms with Gasteiger partial charge in [-0.1, -0.05) is 11.8 Å². The van der Waals surface area contributed by atoms with E-state index < -0.39 is 0 Å². The van der Waals surface area contributed by atoms with E-state index >= 15 is 0 Å². The van der Waals surface area contributed by atoms with Crippen molar-refractivity contribution < 1.29 is 18.7 Å². The molecule has 2 amide bonds. The van der Waals surface area contributed by atoms with Crippen LogP contribution in [-0.4, -0.2) is 45.0 Å². The molecule has 144 valence electrons. The van der Waals surface area contributed by atoms with Crippen molar-refractivity contribution in [2.45, 2.75) is 37.6 Å². The number of rotatable bonds is 6. The summed E-state index contributed by atoms with van der Waals surface area (Å²) in [5.41, 5.74) is 5.28. The fourth-order valence-corrected chi connectivity index (χ4v) is 3.44. The molecule has 8 nitrogen and oxygen atoms in total. The van der Waals surface area contributed by atoms with Crippen LogP contribution < -0.4 is 10.9 Å². The zero-order valence-corrected chi connectivity index (χ0v) is 15.6. The van der Waals surface area contributed by atoms with Gasteiger partial charge in [-0.3, -0.25) is 25.0 Å². The summed E-state index contributed by atoms with van der Waals surface area (Å²) >= 11 is 1.21. The van der Waals surface area contributed by atoms with Gasteiger partial charge in [-0.25, -0.2) is 4.39 Å². The van der Waals surface area contributed by atoms with Crippen molar-refractivity contribution in [3.63, 3.8) is 0 Å². The quantitative estimate of drug-likeness (QED) is 0.570. The first-order valence-corrected chi connectivity index (χ1v) is 9.50. The summed E-state index contributed by atoms with van der Waals surface area (Å²) in [6, 6.07) is 6.02. The number of hydrazine groups is 1. The number of benzene rings is 1. The van der Waals surface area contributed by atoms with Crippen LogP contribution in [0, 0.1) is 5.82 Å². The lowest BCUT2D eigenvalue weighted by Gasteiger charge is -2.14. The molecule has 0 radical (unpaired) electrons. The molecule has 1 atom stereocenters. The van der Waals surface area contributed by atoms with Crippen LogP contribution in [0.4, 0.5) is 4.39 Å². The highest BCUT2D eigenvalue weighted by Gasteiger charge is 2.22. The molecule has 1 aromatic heterocycles. The number of carbonyl (C=O) groups excluding carboxylic acids is 2. The predicted octanol–water partition coefficient (Wildman–Crippen LogP) is 1.52. The van der Waals surface area contributed by atoms with Crippen LogP contribution in [-0.2, 0) is 20.9 Å². The molecule has 0 saturated carbocycles. The topological polar surface area (TPSA) is 98.1 Å². The Labute approximate surface area is 159 Å². The summed E-state index contributed by atoms with van der Waals surface area (Å²) in [7, 11) is 0. The van der Waals surface area contributed by atoms with E-state index in [0.29, 0.717) is 17.5 Å². The Balaban J connectivity index is 1.76. The molecular formula is C17H20FN5O3S. The molecule has 0 spiro atoms. The van der Waals surface area contributed by atoms with Gasteiger partial charge in [-0.05, 0) is 37.1 Å². The number of halogens is 1. The van der Waals surface area contributed by atoms with Gasteiger partial charge >= 0.3 is 0 Å². The van der Waals surface area contributed by atoms with Crippen molar-refractivity contribution in [3.8, 4) is 11.4 Å². The fraction of sp³-hybridized carbons (Fsp3) is 0.412. The number of hydrogen-bond acceptors (Lipinski definition) is 6. The molecule has 0 bridgehead atoms. The zero-order chi connectivity index (χ0) is 19.2. The normalized spacial score (nSPS) is 16.3. The smallest absolute Gasteiger partial charge is 0.248 e. The summed E-state index contributed by atoms with van der Waals surface area (Å²) in [6.07, 6.45) is 1.99. The largest absolute Gasteiger partial charge is 0.376 e. The molecule has 2 aromatic rings. The summed E-state index contributed by atoms with van der Waals surface area (Å²) in [5.74, 6) is -0.380. The van der Waals surface area contributed by atoms with E-state index in [-0.39, 0.29) is 29.5 Å². The first-order chi connectivity index (χ1) is 13.0. The first kappa shape index (κ1) is 19.3. The Morgan fingerprint density at radius 1 is 1.30 bits per heavy atom. The Morgan fingerprint density at radius 2 is 2.07 bits per heavy atom. The molecule has 2 heterocycles. The van der Waals surface area contributed by atoms with Gasteiger partial charge in [-0.2, -0.15) is 0 Å². The molecular weight excluding hydrogens is 373 g/mol. The number of thioether (sulfide) groups is 1. The summed E-state index contributed by atoms with van der Waals surface area (Å²) in [5, 5.41) is 8.96. The second kappa shape index (κ2) is 8.96. The van der Waals surface area contributed by atoms with E-state index in [1.807, 2.05) is 4.57 Å². The monoisotopic (exact) mass is 393 g/mol. The van der Waals surface area contributed by atoms with Crippen molar-refractivity contribution in [2.24, 2.45) is 0 Å². The molecule has 10 heteroatoms. The molecule has 27 heavy (non-hydrogen) atoms. The van der Waals surface area contributed by atoms with E-state index in [4.69, 9.17) is 4.74 Å². The predicted molar refractivity (Wildman–Crippen MR) is 97.1 cm³/mol. The van der Waals surface area contributed by atoms with Crippen molar-refractivity contribution in [2.75, 3.05) is 12.4 Å². The number of hydrogen-bond donors (Lipinski definition) is 2. The SMILES string of the molecule is CC(=O)NNC(=O)CSc1nnc(-c2ccc(F)cc2)n1C[C@H]1CCCO1. The molecule has 1 aromatic carbocycles. The third-order valence-electron chi connectivity index (χ3n) is 3.94. The van der Waals surface area contributed by atoms with Crippen LogP contribution in [0.3, 0.4) is 0 Å². The Bertz CT molecular complexity index is 805. The van der Waals surface area contributed by atoms with E-state index in [9.17, 15) is 14.0 Å². The highest BCUT2D eigenvalue weighted by Crippen LogP contribution is 2.26. The number of carbonyl (C=O) groups is 2. The third kappa shape index (κ3) is 5.27. The molecule has 0 aliphatic carbocycles. The van der Waals surface area contributed by atoms with Gasteiger partial charge in [0, 0.05) is 19.1 Å². The minimum absolute atomic E-state index is 0.0488. The molecule has 2 N–H and O–H groups in total. The lowest BCUT2D eigenvalue weighted by atomic mass is 10.2. The van der Waals surface area contributed by atoms with Crippen LogP contribution in [0.1, 0.15) is 19.8 Å². The minimum Gasteiger partial charge on any atom is -0.376 e. The molecule has 1 fully saturated rings. The second-order valence-electron chi connectivity index (χ2n) is 6.08. The van der Waals surface area contributed by atoms with E-state index in [2.05, 4.69) is 21.0 Å². The molecule has 1 saturated heterocycles. The first-order valence-electron chi connectivity index (χ1n) is 8.52. The number of aromatic nitrogens is 3. The maximum Gasteiger partial charge on any atom is 0.248 e. The molecule has 1 aliphatic rings.